The molecule has 2 rings (SSSR count). The molecule has 0 radical (unpaired) electrons. The zero-order valence-electron chi connectivity index (χ0n) is 11.1. The summed E-state index contributed by atoms with van der Waals surface area (Å²) < 4.78 is 5.37. The van der Waals surface area contributed by atoms with Crippen molar-refractivity contribution in [2.24, 2.45) is 10.9 Å². The first kappa shape index (κ1) is 13.0. The molecule has 5 heteroatoms. The minimum absolute atomic E-state index is 0.383. The number of hydrogen-bond donors (Lipinski definition) is 3. The molecule has 100 valence electrons. The van der Waals surface area contributed by atoms with E-state index in [1.54, 1.807) is 13.1 Å². The van der Waals surface area contributed by atoms with Crippen LogP contribution in [-0.2, 0) is 0 Å². The second-order valence-corrected chi connectivity index (χ2v) is 4.88. The Morgan fingerprint density at radius 1 is 1.61 bits per heavy atom. The summed E-state index contributed by atoms with van der Waals surface area (Å²) >= 11 is 0. The van der Waals surface area contributed by atoms with Gasteiger partial charge in [0.25, 0.3) is 0 Å². The number of nitrogens with zero attached hydrogens (tertiary/aromatic N) is 1. The van der Waals surface area contributed by atoms with Crippen molar-refractivity contribution in [1.82, 2.24) is 10.6 Å². The molecule has 18 heavy (non-hydrogen) atoms. The number of nitrogens with one attached hydrogen (secondary N) is 2. The van der Waals surface area contributed by atoms with Crippen LogP contribution in [0.15, 0.2) is 21.5 Å². The molecule has 0 spiro atoms. The van der Waals surface area contributed by atoms with E-state index in [0.717, 1.165) is 11.7 Å². The van der Waals surface area contributed by atoms with Gasteiger partial charge in [0.2, 0.25) is 0 Å². The third kappa shape index (κ3) is 3.26. The molecule has 3 unspecified atom stereocenters. The molecule has 1 fully saturated rings. The average molecular weight is 251 g/mol. The molecule has 0 bridgehead atoms. The Labute approximate surface area is 107 Å². The molecule has 3 atom stereocenters. The van der Waals surface area contributed by atoms with E-state index in [2.05, 4.69) is 22.5 Å². The monoisotopic (exact) mass is 251 g/mol. The minimum atomic E-state index is -0.658. The van der Waals surface area contributed by atoms with Crippen LogP contribution in [0, 0.1) is 12.8 Å². The van der Waals surface area contributed by atoms with Gasteiger partial charge >= 0.3 is 0 Å². The van der Waals surface area contributed by atoms with E-state index in [9.17, 15) is 5.11 Å². The van der Waals surface area contributed by atoms with Crippen LogP contribution in [0.2, 0.25) is 0 Å². The van der Waals surface area contributed by atoms with Gasteiger partial charge in [-0.25, -0.2) is 0 Å². The summed E-state index contributed by atoms with van der Waals surface area (Å²) in [4.78, 5) is 4.13. The minimum Gasteiger partial charge on any atom is -0.464 e. The summed E-state index contributed by atoms with van der Waals surface area (Å²) in [6.07, 6.45) is 0.523. The van der Waals surface area contributed by atoms with Crippen molar-refractivity contribution in [2.75, 3.05) is 13.6 Å². The smallest absolute Gasteiger partial charge is 0.191 e. The Morgan fingerprint density at radius 3 is 2.83 bits per heavy atom. The highest BCUT2D eigenvalue weighted by molar-refractivity contribution is 5.80. The van der Waals surface area contributed by atoms with Crippen LogP contribution in [0.5, 0.6) is 0 Å². The molecular formula is C13H21N3O2. The van der Waals surface area contributed by atoms with Crippen molar-refractivity contribution in [1.29, 1.82) is 0 Å². The zero-order valence-corrected chi connectivity index (χ0v) is 11.1. The van der Waals surface area contributed by atoms with Crippen molar-refractivity contribution in [3.05, 3.63) is 23.7 Å². The number of aliphatic imine (C=N–C) groups is 1. The number of furan rings is 1. The lowest BCUT2D eigenvalue weighted by Crippen LogP contribution is -2.40. The fraction of sp³-hybridized carbons (Fsp3) is 0.615. The molecule has 1 aromatic rings. The topological polar surface area (TPSA) is 69.8 Å². The molecule has 1 saturated carbocycles. The quantitative estimate of drug-likeness (QED) is 0.555. The van der Waals surface area contributed by atoms with Gasteiger partial charge in [-0.1, -0.05) is 6.92 Å². The first-order valence-corrected chi connectivity index (χ1v) is 6.31. The standard InChI is InChI=1S/C13H21N3O2/c1-8-6-10(8)16-13(14-3)15-7-11(17)12-5-4-9(2)18-12/h4-5,8,10-11,17H,6-7H2,1-3H3,(H2,14,15,16). The summed E-state index contributed by atoms with van der Waals surface area (Å²) in [6, 6.07) is 4.15. The first-order valence-electron chi connectivity index (χ1n) is 6.31. The maximum atomic E-state index is 9.94. The third-order valence-corrected chi connectivity index (χ3v) is 3.21. The van der Waals surface area contributed by atoms with Crippen LogP contribution >= 0.6 is 0 Å². The predicted molar refractivity (Wildman–Crippen MR) is 70.5 cm³/mol. The molecule has 1 aromatic heterocycles. The van der Waals surface area contributed by atoms with Gasteiger partial charge in [-0.05, 0) is 31.4 Å². The number of guanidine groups is 1. The second kappa shape index (κ2) is 5.44. The molecule has 1 heterocycles. The molecule has 1 aliphatic carbocycles. The molecule has 0 amide bonds. The molecule has 0 aliphatic heterocycles. The van der Waals surface area contributed by atoms with Crippen LogP contribution in [0.25, 0.3) is 0 Å². The Morgan fingerprint density at radius 2 is 2.33 bits per heavy atom. The van der Waals surface area contributed by atoms with E-state index in [0.29, 0.717) is 24.3 Å². The number of aliphatic hydroxyl groups is 1. The van der Waals surface area contributed by atoms with Gasteiger partial charge in [-0.2, -0.15) is 0 Å². The van der Waals surface area contributed by atoms with E-state index in [4.69, 9.17) is 4.42 Å². The number of aryl methyl sites for hydroxylation is 1. The Bertz CT molecular complexity index is 428. The van der Waals surface area contributed by atoms with Gasteiger partial charge in [0, 0.05) is 13.1 Å². The van der Waals surface area contributed by atoms with Gasteiger partial charge in [0.15, 0.2) is 5.96 Å². The zero-order chi connectivity index (χ0) is 13.1. The molecular weight excluding hydrogens is 230 g/mol. The molecule has 0 saturated heterocycles. The predicted octanol–water partition coefficient (Wildman–Crippen LogP) is 1.19. The lowest BCUT2D eigenvalue weighted by molar-refractivity contribution is 0.151. The Hall–Kier alpha value is -1.49. The summed E-state index contributed by atoms with van der Waals surface area (Å²) in [5.74, 6) is 2.82. The van der Waals surface area contributed by atoms with Crippen LogP contribution in [0.1, 0.15) is 31.0 Å². The molecule has 1 aliphatic rings. The molecule has 3 N–H and O–H groups in total. The Balaban J connectivity index is 1.79. The molecule has 0 aromatic carbocycles. The van der Waals surface area contributed by atoms with Crippen LogP contribution in [0.4, 0.5) is 0 Å². The van der Waals surface area contributed by atoms with Crippen LogP contribution in [0.3, 0.4) is 0 Å². The van der Waals surface area contributed by atoms with Crippen molar-refractivity contribution < 1.29 is 9.52 Å². The third-order valence-electron chi connectivity index (χ3n) is 3.21. The highest BCUT2D eigenvalue weighted by Crippen LogP contribution is 2.28. The Kier molecular flexibility index (Phi) is 3.91. The van der Waals surface area contributed by atoms with Crippen molar-refractivity contribution in [3.8, 4) is 0 Å². The van der Waals surface area contributed by atoms with Crippen molar-refractivity contribution in [2.45, 2.75) is 32.4 Å². The first-order chi connectivity index (χ1) is 8.60. The lowest BCUT2D eigenvalue weighted by Gasteiger charge is -2.14. The van der Waals surface area contributed by atoms with Crippen LogP contribution in [-0.4, -0.2) is 30.7 Å². The van der Waals surface area contributed by atoms with Crippen LogP contribution < -0.4 is 10.6 Å². The number of hydrogen-bond acceptors (Lipinski definition) is 3. The number of aliphatic hydroxyl groups excluding tert-OH is 1. The second-order valence-electron chi connectivity index (χ2n) is 4.88. The van der Waals surface area contributed by atoms with Crippen molar-refractivity contribution in [3.63, 3.8) is 0 Å². The van der Waals surface area contributed by atoms with E-state index in [1.807, 2.05) is 13.0 Å². The maximum Gasteiger partial charge on any atom is 0.191 e. The normalized spacial score (nSPS) is 24.8. The van der Waals surface area contributed by atoms with Gasteiger partial charge in [-0.15, -0.1) is 0 Å². The number of rotatable bonds is 4. The fourth-order valence-corrected chi connectivity index (χ4v) is 1.82. The maximum absolute atomic E-state index is 9.94. The van der Waals surface area contributed by atoms with E-state index in [1.165, 1.54) is 6.42 Å². The largest absolute Gasteiger partial charge is 0.464 e. The average Bonchev–Trinajstić information content (AvgIpc) is 2.86. The van der Waals surface area contributed by atoms with Crippen molar-refractivity contribution >= 4 is 5.96 Å². The van der Waals surface area contributed by atoms with Gasteiger partial charge < -0.3 is 20.2 Å². The summed E-state index contributed by atoms with van der Waals surface area (Å²) in [7, 11) is 1.73. The lowest BCUT2D eigenvalue weighted by atomic mass is 10.3. The van der Waals surface area contributed by atoms with E-state index >= 15 is 0 Å². The summed E-state index contributed by atoms with van der Waals surface area (Å²) in [5, 5.41) is 16.3. The van der Waals surface area contributed by atoms with Gasteiger partial charge in [0.1, 0.15) is 17.6 Å². The summed E-state index contributed by atoms with van der Waals surface area (Å²) in [5.41, 5.74) is 0. The van der Waals surface area contributed by atoms with Gasteiger partial charge in [0.05, 0.1) is 6.54 Å². The summed E-state index contributed by atoms with van der Waals surface area (Å²) in [6.45, 7) is 4.44. The highest BCUT2D eigenvalue weighted by atomic mass is 16.4. The van der Waals surface area contributed by atoms with E-state index < -0.39 is 6.10 Å². The molecule has 5 nitrogen and oxygen atoms in total. The fourth-order valence-electron chi connectivity index (χ4n) is 1.82. The highest BCUT2D eigenvalue weighted by Gasteiger charge is 2.33. The van der Waals surface area contributed by atoms with Gasteiger partial charge in [-0.3, -0.25) is 4.99 Å². The van der Waals surface area contributed by atoms with E-state index in [-0.39, 0.29) is 0 Å². The SMILES string of the molecule is CN=C(NCC(O)c1ccc(C)o1)NC1CC1C.